The molecular weight excluding hydrogens is 856 g/mol. The van der Waals surface area contributed by atoms with Gasteiger partial charge in [0, 0.05) is 50.9 Å². The van der Waals surface area contributed by atoms with Gasteiger partial charge in [0.05, 0.1) is 5.69 Å². The van der Waals surface area contributed by atoms with Gasteiger partial charge >= 0.3 is 0 Å². The summed E-state index contributed by atoms with van der Waals surface area (Å²) in [6.45, 7) is 20.3. The van der Waals surface area contributed by atoms with Gasteiger partial charge in [-0.25, -0.2) is 4.98 Å². The molecule has 0 radical (unpaired) electrons. The predicted molar refractivity (Wildman–Crippen MR) is 221 cm³/mol. The van der Waals surface area contributed by atoms with E-state index in [0.29, 0.717) is 29.3 Å². The number of hydrogen-bond acceptors (Lipinski definition) is 2. The molecule has 0 fully saturated rings. The van der Waals surface area contributed by atoms with Gasteiger partial charge in [-0.3, -0.25) is 4.57 Å². The molecule has 280 valence electrons. The van der Waals surface area contributed by atoms with Crippen molar-refractivity contribution in [2.24, 2.45) is 0 Å². The standard InChI is InChI=1S/C49H46N4O.Pt/c1-31(2)37-26-43(32(3)4)48(44(27-37)33(5)6)36-13-11-14-38(25-36)51-23-24-52(30-51)39-15-12-16-40(28-39)54-46-21-20-42-41-17-9-10-18-45(41)53(49(42)35(46)8)47-22-19-34(7)29-50-47;/h9-27,29,31-33H,8H2,1-7H3;/q-2;. The van der Waals surface area contributed by atoms with Crippen LogP contribution in [0, 0.1) is 26.2 Å². The molecule has 5 aromatic carbocycles. The van der Waals surface area contributed by atoms with Gasteiger partial charge in [0.2, 0.25) is 0 Å². The minimum Gasteiger partial charge on any atom is -0.541 e. The third-order valence-electron chi connectivity index (χ3n) is 10.4. The molecular formula is C49H46N4OPt-2. The summed E-state index contributed by atoms with van der Waals surface area (Å²) in [5, 5.41) is 2.25. The summed E-state index contributed by atoms with van der Waals surface area (Å²) in [7, 11) is 0. The molecule has 0 aliphatic carbocycles. The molecule has 3 aromatic heterocycles. The average molecular weight is 902 g/mol. The Labute approximate surface area is 339 Å². The Bertz CT molecular complexity index is 2620. The van der Waals surface area contributed by atoms with Crippen molar-refractivity contribution in [3.8, 4) is 39.8 Å². The van der Waals surface area contributed by atoms with Crippen molar-refractivity contribution in [2.45, 2.75) is 66.2 Å². The van der Waals surface area contributed by atoms with E-state index in [-0.39, 0.29) is 21.1 Å². The summed E-state index contributed by atoms with van der Waals surface area (Å²) in [5.74, 6) is 3.39. The van der Waals surface area contributed by atoms with Crippen molar-refractivity contribution >= 4 is 21.8 Å². The van der Waals surface area contributed by atoms with Gasteiger partial charge in [0.15, 0.2) is 0 Å². The van der Waals surface area contributed by atoms with Crippen LogP contribution in [0.1, 0.15) is 87.1 Å². The number of hydrogen-bond donors (Lipinski definition) is 0. The maximum atomic E-state index is 6.54. The van der Waals surface area contributed by atoms with Crippen LogP contribution in [0.25, 0.3) is 50.1 Å². The quantitative estimate of drug-likeness (QED) is 0.107. The Morgan fingerprint density at radius 2 is 1.51 bits per heavy atom. The van der Waals surface area contributed by atoms with Gasteiger partial charge in [-0.15, -0.1) is 17.7 Å². The first kappa shape index (κ1) is 37.9. The van der Waals surface area contributed by atoms with E-state index >= 15 is 0 Å². The molecule has 0 saturated heterocycles. The number of rotatable bonds is 9. The minimum absolute atomic E-state index is 0. The van der Waals surface area contributed by atoms with Crippen LogP contribution in [0.4, 0.5) is 0 Å². The van der Waals surface area contributed by atoms with Crippen LogP contribution in [-0.4, -0.2) is 14.1 Å². The fourth-order valence-corrected chi connectivity index (χ4v) is 7.48. The summed E-state index contributed by atoms with van der Waals surface area (Å²) in [6, 6.07) is 39.7. The molecule has 0 saturated carbocycles. The van der Waals surface area contributed by atoms with Crippen LogP contribution in [0.3, 0.4) is 0 Å². The van der Waals surface area contributed by atoms with Crippen LogP contribution in [0.5, 0.6) is 11.5 Å². The zero-order valence-electron chi connectivity index (χ0n) is 32.5. The van der Waals surface area contributed by atoms with E-state index in [9.17, 15) is 0 Å². The first-order valence-electron chi connectivity index (χ1n) is 18.9. The van der Waals surface area contributed by atoms with Crippen LogP contribution < -0.4 is 9.30 Å². The molecule has 3 heterocycles. The fourth-order valence-electron chi connectivity index (χ4n) is 7.48. The molecule has 0 spiro atoms. The number of benzene rings is 5. The van der Waals surface area contributed by atoms with E-state index in [2.05, 4.69) is 144 Å². The molecule has 6 heteroatoms. The molecule has 0 bridgehead atoms. The summed E-state index contributed by atoms with van der Waals surface area (Å²) in [5.41, 5.74) is 12.6. The molecule has 5 nitrogen and oxygen atoms in total. The van der Waals surface area contributed by atoms with Gasteiger partial charge < -0.3 is 13.9 Å². The van der Waals surface area contributed by atoms with E-state index in [4.69, 9.17) is 9.72 Å². The largest absolute Gasteiger partial charge is 0.541 e. The Morgan fingerprint density at radius 3 is 2.22 bits per heavy atom. The van der Waals surface area contributed by atoms with Crippen molar-refractivity contribution in [1.29, 1.82) is 0 Å². The number of aryl methyl sites for hydroxylation is 1. The van der Waals surface area contributed by atoms with E-state index in [1.165, 1.54) is 27.8 Å². The average Bonchev–Trinajstić information content (AvgIpc) is 3.80. The Balaban J connectivity index is 0.00000465. The molecule has 0 N–H and O–H groups in total. The summed E-state index contributed by atoms with van der Waals surface area (Å²) >= 11 is 0. The maximum absolute atomic E-state index is 6.54. The third kappa shape index (κ3) is 7.14. The van der Waals surface area contributed by atoms with E-state index in [1.54, 1.807) is 0 Å². The molecule has 55 heavy (non-hydrogen) atoms. The number of aromatic nitrogens is 4. The van der Waals surface area contributed by atoms with Crippen molar-refractivity contribution in [1.82, 2.24) is 14.1 Å². The second kappa shape index (κ2) is 15.4. The normalized spacial score (nSPS) is 11.6. The second-order valence-electron chi connectivity index (χ2n) is 15.2. The number of ether oxygens (including phenoxy) is 1. The van der Waals surface area contributed by atoms with Gasteiger partial charge in [-0.1, -0.05) is 102 Å². The van der Waals surface area contributed by atoms with Crippen LogP contribution >= 0.6 is 0 Å². The first-order chi connectivity index (χ1) is 26.1. The Hall–Kier alpha value is -5.38. The topological polar surface area (TPSA) is 35.9 Å². The molecule has 0 aliphatic rings. The van der Waals surface area contributed by atoms with E-state index < -0.39 is 0 Å². The Kier molecular flexibility index (Phi) is 10.6. The molecule has 0 atom stereocenters. The van der Waals surface area contributed by atoms with Gasteiger partial charge in [0.1, 0.15) is 5.82 Å². The predicted octanol–water partition coefficient (Wildman–Crippen LogP) is 12.2. The number of fused-ring (bicyclic) bond motifs is 3. The zero-order valence-corrected chi connectivity index (χ0v) is 34.8. The SMILES string of the molecule is [CH2-]c1c(Oc2[c-]c(-n3[c-][n+](-c4cccc(-c5c(C(C)C)cc(C(C)C)cc5C(C)C)c4)cc3)ccc2)ccc2c3ccccc3n(-c3ccc(C)cn3)c12.[Pt]. The smallest absolute Gasteiger partial charge is 0.267 e. The van der Waals surface area contributed by atoms with Gasteiger partial charge in [0.25, 0.3) is 6.33 Å². The molecule has 8 rings (SSSR count). The summed E-state index contributed by atoms with van der Waals surface area (Å²) in [6.07, 6.45) is 9.46. The summed E-state index contributed by atoms with van der Waals surface area (Å²) in [4.78, 5) is 4.77. The summed E-state index contributed by atoms with van der Waals surface area (Å²) < 4.78 is 12.7. The Morgan fingerprint density at radius 1 is 0.764 bits per heavy atom. The first-order valence-corrected chi connectivity index (χ1v) is 18.9. The minimum atomic E-state index is 0. The van der Waals surface area contributed by atoms with Crippen molar-refractivity contribution in [3.05, 3.63) is 169 Å². The number of para-hydroxylation sites is 1. The molecule has 8 aromatic rings. The van der Waals surface area contributed by atoms with Crippen LogP contribution in [-0.2, 0) is 21.1 Å². The van der Waals surface area contributed by atoms with Crippen molar-refractivity contribution in [2.75, 3.05) is 0 Å². The van der Waals surface area contributed by atoms with E-state index in [0.717, 1.165) is 50.1 Å². The zero-order chi connectivity index (χ0) is 37.7. The van der Waals surface area contributed by atoms with Crippen LogP contribution in [0.15, 0.2) is 122 Å². The van der Waals surface area contributed by atoms with Gasteiger partial charge in [-0.05, 0) is 110 Å². The fraction of sp³-hybridized carbons (Fsp3) is 0.204. The van der Waals surface area contributed by atoms with Gasteiger partial charge in [-0.2, -0.15) is 19.1 Å². The molecule has 0 aliphatic heterocycles. The van der Waals surface area contributed by atoms with E-state index in [1.807, 2.05) is 58.9 Å². The number of nitrogens with zero attached hydrogens (tertiary/aromatic N) is 4. The number of imidazole rings is 1. The third-order valence-corrected chi connectivity index (χ3v) is 10.4. The number of pyridine rings is 1. The monoisotopic (exact) mass is 901 g/mol. The molecule has 0 unspecified atom stereocenters. The second-order valence-corrected chi connectivity index (χ2v) is 15.2. The van der Waals surface area contributed by atoms with Crippen molar-refractivity contribution < 1.29 is 30.4 Å². The molecule has 0 amide bonds. The van der Waals surface area contributed by atoms with Crippen LogP contribution in [0.2, 0.25) is 0 Å². The maximum Gasteiger partial charge on any atom is 0.267 e. The van der Waals surface area contributed by atoms with Crippen molar-refractivity contribution in [3.63, 3.8) is 0 Å².